The highest BCUT2D eigenvalue weighted by Gasteiger charge is 2.36. The van der Waals surface area contributed by atoms with Gasteiger partial charge in [0.05, 0.1) is 23.3 Å². The van der Waals surface area contributed by atoms with Crippen LogP contribution in [0.15, 0.2) is 51.4 Å². The number of carbonyl (C=O) groups excluding carboxylic acids is 4. The zero-order chi connectivity index (χ0) is 22.1. The van der Waals surface area contributed by atoms with E-state index in [1.807, 2.05) is 0 Å². The van der Waals surface area contributed by atoms with Crippen molar-refractivity contribution in [2.45, 2.75) is 13.5 Å². The SMILES string of the molecule is CCOC(=O)c1oc2ccc(Br)cc2c1COC(=O)CN1C(=O)c2ccccc2C1=O. The molecule has 0 aliphatic carbocycles. The Morgan fingerprint density at radius 2 is 1.71 bits per heavy atom. The largest absolute Gasteiger partial charge is 0.460 e. The highest BCUT2D eigenvalue weighted by molar-refractivity contribution is 9.10. The summed E-state index contributed by atoms with van der Waals surface area (Å²) < 4.78 is 16.7. The van der Waals surface area contributed by atoms with Gasteiger partial charge in [-0.15, -0.1) is 0 Å². The molecule has 9 heteroatoms. The van der Waals surface area contributed by atoms with Gasteiger partial charge in [-0.05, 0) is 37.3 Å². The van der Waals surface area contributed by atoms with Gasteiger partial charge in [0, 0.05) is 9.86 Å². The maximum atomic E-state index is 12.4. The van der Waals surface area contributed by atoms with E-state index < -0.39 is 30.3 Å². The molecule has 4 rings (SSSR count). The van der Waals surface area contributed by atoms with Gasteiger partial charge in [-0.1, -0.05) is 28.1 Å². The predicted octanol–water partition coefficient (Wildman–Crippen LogP) is 3.71. The van der Waals surface area contributed by atoms with E-state index in [9.17, 15) is 19.2 Å². The summed E-state index contributed by atoms with van der Waals surface area (Å²) in [5.74, 6) is -2.65. The monoisotopic (exact) mass is 485 g/mol. The maximum absolute atomic E-state index is 12.4. The fourth-order valence-electron chi connectivity index (χ4n) is 3.34. The average molecular weight is 486 g/mol. The number of amides is 2. The van der Waals surface area contributed by atoms with Crippen LogP contribution in [0.1, 0.15) is 43.8 Å². The molecule has 0 N–H and O–H groups in total. The highest BCUT2D eigenvalue weighted by atomic mass is 79.9. The molecule has 0 radical (unpaired) electrons. The van der Waals surface area contributed by atoms with Gasteiger partial charge >= 0.3 is 11.9 Å². The van der Waals surface area contributed by atoms with Crippen molar-refractivity contribution >= 4 is 50.7 Å². The molecule has 1 aromatic heterocycles. The number of halogens is 1. The first-order chi connectivity index (χ1) is 14.9. The van der Waals surface area contributed by atoms with Gasteiger partial charge in [0.1, 0.15) is 18.7 Å². The lowest BCUT2D eigenvalue weighted by Gasteiger charge is -2.13. The Labute approximate surface area is 184 Å². The smallest absolute Gasteiger partial charge is 0.374 e. The van der Waals surface area contributed by atoms with E-state index in [1.165, 1.54) is 12.1 Å². The van der Waals surface area contributed by atoms with Gasteiger partial charge in [-0.25, -0.2) is 4.79 Å². The molecular formula is C22H16BrNO7. The second kappa shape index (κ2) is 8.35. The van der Waals surface area contributed by atoms with Crippen molar-refractivity contribution in [2.75, 3.05) is 13.2 Å². The first kappa shape index (κ1) is 20.8. The number of furan rings is 1. The minimum Gasteiger partial charge on any atom is -0.460 e. The molecule has 31 heavy (non-hydrogen) atoms. The highest BCUT2D eigenvalue weighted by Crippen LogP contribution is 2.30. The minimum atomic E-state index is -0.798. The molecule has 8 nitrogen and oxygen atoms in total. The fraction of sp³-hybridized carbons (Fsp3) is 0.182. The second-order valence-corrected chi connectivity index (χ2v) is 7.59. The number of esters is 2. The van der Waals surface area contributed by atoms with E-state index in [4.69, 9.17) is 13.9 Å². The van der Waals surface area contributed by atoms with Crippen LogP contribution in [0.5, 0.6) is 0 Å². The lowest BCUT2D eigenvalue weighted by atomic mass is 10.1. The summed E-state index contributed by atoms with van der Waals surface area (Å²) in [6.45, 7) is 0.984. The molecule has 158 valence electrons. The van der Waals surface area contributed by atoms with Gasteiger partial charge in [0.25, 0.3) is 11.8 Å². The molecule has 2 heterocycles. The fourth-order valence-corrected chi connectivity index (χ4v) is 3.70. The normalized spacial score (nSPS) is 12.9. The number of ether oxygens (including phenoxy) is 2. The summed E-state index contributed by atoms with van der Waals surface area (Å²) in [6, 6.07) is 11.5. The second-order valence-electron chi connectivity index (χ2n) is 6.67. The van der Waals surface area contributed by atoms with E-state index in [0.717, 1.165) is 9.37 Å². The summed E-state index contributed by atoms with van der Waals surface area (Å²) in [5.41, 5.74) is 1.26. The topological polar surface area (TPSA) is 103 Å². The van der Waals surface area contributed by atoms with Gasteiger partial charge in [0.15, 0.2) is 0 Å². The van der Waals surface area contributed by atoms with E-state index in [1.54, 1.807) is 37.3 Å². The molecule has 0 atom stereocenters. The molecule has 0 spiro atoms. The van der Waals surface area contributed by atoms with Crippen LogP contribution in [0.25, 0.3) is 11.0 Å². The van der Waals surface area contributed by atoms with E-state index >= 15 is 0 Å². The zero-order valence-corrected chi connectivity index (χ0v) is 17.9. The summed E-state index contributed by atoms with van der Waals surface area (Å²) in [6.07, 6.45) is 0. The van der Waals surface area contributed by atoms with Gasteiger partial charge in [-0.2, -0.15) is 0 Å². The molecule has 0 saturated heterocycles. The van der Waals surface area contributed by atoms with Crippen molar-refractivity contribution in [3.63, 3.8) is 0 Å². The predicted molar refractivity (Wildman–Crippen MR) is 111 cm³/mol. The Morgan fingerprint density at radius 3 is 2.35 bits per heavy atom. The number of rotatable bonds is 6. The third-order valence-electron chi connectivity index (χ3n) is 4.76. The minimum absolute atomic E-state index is 0.0662. The number of carbonyl (C=O) groups is 4. The average Bonchev–Trinajstić information content (AvgIpc) is 3.23. The molecule has 0 bridgehead atoms. The van der Waals surface area contributed by atoms with Crippen LogP contribution in [0, 0.1) is 0 Å². The van der Waals surface area contributed by atoms with E-state index in [-0.39, 0.29) is 30.1 Å². The molecule has 0 fully saturated rings. The molecule has 0 unspecified atom stereocenters. The Kier molecular flexibility index (Phi) is 5.60. The van der Waals surface area contributed by atoms with Gasteiger partial charge in [0.2, 0.25) is 5.76 Å². The Hall–Kier alpha value is -3.46. The number of benzene rings is 2. The molecule has 1 aliphatic rings. The summed E-state index contributed by atoms with van der Waals surface area (Å²) in [5, 5.41) is 0.575. The standard InChI is InChI=1S/C22H16BrNO7/c1-2-29-22(28)19-16(15-9-12(23)7-8-17(15)31-19)11-30-18(25)10-24-20(26)13-5-3-4-6-14(13)21(24)27/h3-9H,2,10-11H2,1H3. The van der Waals surface area contributed by atoms with Crippen LogP contribution < -0.4 is 0 Å². The van der Waals surface area contributed by atoms with Crippen molar-refractivity contribution in [1.29, 1.82) is 0 Å². The number of hydrogen-bond acceptors (Lipinski definition) is 7. The Bertz CT molecular complexity index is 1190. The number of imide groups is 1. The Balaban J connectivity index is 1.53. The molecular weight excluding hydrogens is 470 g/mol. The molecule has 2 aromatic carbocycles. The Morgan fingerprint density at radius 1 is 1.03 bits per heavy atom. The van der Waals surface area contributed by atoms with Crippen molar-refractivity contribution in [3.8, 4) is 0 Å². The summed E-state index contributed by atoms with van der Waals surface area (Å²) in [4.78, 5) is 50.4. The van der Waals surface area contributed by atoms with Crippen LogP contribution in [0.3, 0.4) is 0 Å². The third-order valence-corrected chi connectivity index (χ3v) is 5.25. The van der Waals surface area contributed by atoms with Gasteiger partial charge < -0.3 is 13.9 Å². The number of fused-ring (bicyclic) bond motifs is 2. The molecule has 0 saturated carbocycles. The van der Waals surface area contributed by atoms with Crippen molar-refractivity contribution < 1.29 is 33.1 Å². The van der Waals surface area contributed by atoms with Crippen LogP contribution >= 0.6 is 15.9 Å². The van der Waals surface area contributed by atoms with Crippen molar-refractivity contribution in [2.24, 2.45) is 0 Å². The molecule has 2 amide bonds. The van der Waals surface area contributed by atoms with E-state index in [2.05, 4.69) is 15.9 Å². The van der Waals surface area contributed by atoms with Crippen LogP contribution in [-0.4, -0.2) is 41.8 Å². The van der Waals surface area contributed by atoms with Crippen molar-refractivity contribution in [1.82, 2.24) is 4.90 Å². The summed E-state index contributed by atoms with van der Waals surface area (Å²) in [7, 11) is 0. The quantitative estimate of drug-likeness (QED) is 0.387. The van der Waals surface area contributed by atoms with Crippen LogP contribution in [-0.2, 0) is 20.9 Å². The first-order valence-electron chi connectivity index (χ1n) is 9.39. The number of hydrogen-bond donors (Lipinski definition) is 0. The molecule has 3 aromatic rings. The summed E-state index contributed by atoms with van der Waals surface area (Å²) >= 11 is 3.36. The van der Waals surface area contributed by atoms with Crippen molar-refractivity contribution in [3.05, 3.63) is 69.4 Å². The lowest BCUT2D eigenvalue weighted by Crippen LogP contribution is -2.35. The number of nitrogens with zero attached hydrogens (tertiary/aromatic N) is 1. The van der Waals surface area contributed by atoms with Crippen LogP contribution in [0.2, 0.25) is 0 Å². The van der Waals surface area contributed by atoms with E-state index in [0.29, 0.717) is 16.5 Å². The van der Waals surface area contributed by atoms with Crippen LogP contribution in [0.4, 0.5) is 0 Å². The van der Waals surface area contributed by atoms with Gasteiger partial charge in [-0.3, -0.25) is 19.3 Å². The zero-order valence-electron chi connectivity index (χ0n) is 16.3. The maximum Gasteiger partial charge on any atom is 0.374 e. The first-order valence-corrected chi connectivity index (χ1v) is 10.2. The molecule has 1 aliphatic heterocycles. The lowest BCUT2D eigenvalue weighted by molar-refractivity contribution is -0.145. The third kappa shape index (κ3) is 3.84.